The summed E-state index contributed by atoms with van der Waals surface area (Å²) >= 11 is 0. The molecule has 4 aromatic carbocycles. The second kappa shape index (κ2) is 19.4. The molecule has 0 aliphatic rings. The van der Waals surface area contributed by atoms with E-state index in [2.05, 4.69) is 13.6 Å². The van der Waals surface area contributed by atoms with Gasteiger partial charge in [-0.2, -0.15) is 0 Å². The molecule has 222 valence electrons. The summed E-state index contributed by atoms with van der Waals surface area (Å²) in [7, 11) is -14.7. The van der Waals surface area contributed by atoms with Crippen LogP contribution in [0.1, 0.15) is 5.56 Å². The molecule has 0 spiro atoms. The van der Waals surface area contributed by atoms with E-state index in [9.17, 15) is 43.1 Å². The fraction of sp³-hybridized carbons (Fsp3) is 0.0400. The van der Waals surface area contributed by atoms with E-state index in [0.717, 1.165) is 0 Å². The summed E-state index contributed by atoms with van der Waals surface area (Å²) < 4.78 is 42.3. The average molecular weight is 720 g/mol. The van der Waals surface area contributed by atoms with Gasteiger partial charge < -0.3 is 61.7 Å². The standard InChI is InChI=1S/C7H8O.3C6H7O4P.Mo/c1-6-2-4-7(8)5-3-6;3*7-11(8,9)10-6-4-2-1-3-5-6;/h2-5,8H,1H3;3*1-5H,(H2,7,8,9);/q;;;;+6/p-6. The number of para-hydroxylation sites is 3. The SMILES string of the molecule is Cc1ccc(O)cc1.O=P([O-])([O-])Oc1ccccc1.O=P([O-])([O-])Oc1ccccc1.O=P([O-])([O-])Oc1ccccc1.[Mo+6]. The average Bonchev–Trinajstić information content (AvgIpc) is 2.86. The Balaban J connectivity index is 0.000000533. The van der Waals surface area contributed by atoms with E-state index in [1.54, 1.807) is 66.7 Å². The molecule has 1 N–H and O–H groups in total. The second-order valence-electron chi connectivity index (χ2n) is 7.39. The summed E-state index contributed by atoms with van der Waals surface area (Å²) in [6, 6.07) is 30.0. The molecule has 0 fully saturated rings. The van der Waals surface area contributed by atoms with Crippen LogP contribution in [0.3, 0.4) is 0 Å². The van der Waals surface area contributed by atoms with E-state index in [1.165, 1.54) is 42.0 Å². The van der Waals surface area contributed by atoms with Crippen molar-refractivity contribution in [2.24, 2.45) is 0 Å². The van der Waals surface area contributed by atoms with Crippen molar-refractivity contribution in [3.63, 3.8) is 0 Å². The van der Waals surface area contributed by atoms with Crippen LogP contribution in [-0.2, 0) is 34.8 Å². The van der Waals surface area contributed by atoms with Crippen molar-refractivity contribution in [1.29, 1.82) is 0 Å². The van der Waals surface area contributed by atoms with Crippen LogP contribution in [0.4, 0.5) is 0 Å². The van der Waals surface area contributed by atoms with Gasteiger partial charge in [0.25, 0.3) is 0 Å². The Kier molecular flexibility index (Phi) is 18.1. The van der Waals surface area contributed by atoms with Gasteiger partial charge in [-0.15, -0.1) is 0 Å². The van der Waals surface area contributed by atoms with Crippen molar-refractivity contribution in [3.8, 4) is 23.0 Å². The zero-order chi connectivity index (χ0) is 30.9. The number of aromatic hydroxyl groups is 1. The largest absolute Gasteiger partial charge is 6.00 e. The predicted molar refractivity (Wildman–Crippen MR) is 137 cm³/mol. The van der Waals surface area contributed by atoms with Crippen molar-refractivity contribution in [2.75, 3.05) is 0 Å². The summed E-state index contributed by atoms with van der Waals surface area (Å²) in [6.07, 6.45) is 0. The number of rotatable bonds is 6. The van der Waals surface area contributed by atoms with Crippen LogP contribution in [0.2, 0.25) is 0 Å². The molecule has 0 aromatic heterocycles. The van der Waals surface area contributed by atoms with Gasteiger partial charge in [-0.05, 0) is 55.5 Å². The molecule has 0 unspecified atom stereocenters. The number of phosphoric ester groups is 3. The van der Waals surface area contributed by atoms with Crippen LogP contribution in [-0.4, -0.2) is 5.11 Å². The van der Waals surface area contributed by atoms with Crippen LogP contribution in [0.25, 0.3) is 0 Å². The third kappa shape index (κ3) is 22.9. The topological polar surface area (TPSA) is 237 Å². The minimum atomic E-state index is -4.89. The van der Waals surface area contributed by atoms with E-state index >= 15 is 0 Å². The van der Waals surface area contributed by atoms with Gasteiger partial charge in [0, 0.05) is 0 Å². The first-order valence-electron chi connectivity index (χ1n) is 11.1. The summed E-state index contributed by atoms with van der Waals surface area (Å²) in [5, 5.41) is 8.76. The number of phosphoric acid groups is 3. The molecule has 42 heavy (non-hydrogen) atoms. The Morgan fingerprint density at radius 2 is 0.714 bits per heavy atom. The Labute approximate surface area is 256 Å². The minimum Gasteiger partial charge on any atom is -0.780 e. The minimum absolute atomic E-state index is 0. The maximum absolute atomic E-state index is 10.1. The van der Waals surface area contributed by atoms with Gasteiger partial charge in [0.1, 0.15) is 46.5 Å². The van der Waals surface area contributed by atoms with Gasteiger partial charge in [-0.25, -0.2) is 0 Å². The molecule has 4 rings (SSSR count). The Bertz CT molecular complexity index is 1250. The Hall–Kier alpha value is -2.78. The van der Waals surface area contributed by atoms with Gasteiger partial charge in [0.05, 0.1) is 0 Å². The van der Waals surface area contributed by atoms with Crippen molar-refractivity contribution >= 4 is 23.5 Å². The van der Waals surface area contributed by atoms with Crippen LogP contribution >= 0.6 is 23.5 Å². The third-order valence-electron chi connectivity index (χ3n) is 3.92. The van der Waals surface area contributed by atoms with E-state index < -0.39 is 23.5 Å². The van der Waals surface area contributed by atoms with Crippen molar-refractivity contribution in [1.82, 2.24) is 0 Å². The molecule has 0 radical (unpaired) electrons. The normalized spacial score (nSPS) is 10.5. The van der Waals surface area contributed by atoms with Gasteiger partial charge in [0.15, 0.2) is 0 Å². The molecule has 0 aliphatic carbocycles. The Morgan fingerprint density at radius 3 is 0.905 bits per heavy atom. The first-order valence-corrected chi connectivity index (χ1v) is 15.5. The molecule has 0 bridgehead atoms. The molecule has 13 nitrogen and oxygen atoms in total. The smallest absolute Gasteiger partial charge is 0.780 e. The maximum Gasteiger partial charge on any atom is 6.00 e. The van der Waals surface area contributed by atoms with Gasteiger partial charge >= 0.3 is 21.1 Å². The van der Waals surface area contributed by atoms with Gasteiger partial charge in [0.2, 0.25) is 0 Å². The molecular weight excluding hydrogens is 697 g/mol. The van der Waals surface area contributed by atoms with Crippen LogP contribution in [0.15, 0.2) is 115 Å². The summed E-state index contributed by atoms with van der Waals surface area (Å²) in [6.45, 7) is 1.99. The molecule has 17 heteroatoms. The monoisotopic (exact) mass is 722 g/mol. The maximum atomic E-state index is 10.1. The quantitative estimate of drug-likeness (QED) is 0.219. The fourth-order valence-corrected chi connectivity index (χ4v) is 3.52. The molecule has 4 aromatic rings. The number of phenolic OH excluding ortho intramolecular Hbond substituents is 1. The van der Waals surface area contributed by atoms with Gasteiger partial charge in [-0.3, -0.25) is 0 Å². The van der Waals surface area contributed by atoms with Crippen molar-refractivity contribution in [2.45, 2.75) is 6.92 Å². The van der Waals surface area contributed by atoms with Gasteiger partial charge in [-0.1, -0.05) is 72.3 Å². The molecule has 0 aliphatic heterocycles. The predicted octanol–water partition coefficient (Wildman–Crippen LogP) is 1.38. The van der Waals surface area contributed by atoms with Crippen molar-refractivity contribution < 1.29 is 82.8 Å². The molecule has 0 saturated heterocycles. The second-order valence-corrected chi connectivity index (χ2v) is 10.6. The molecule has 0 saturated carbocycles. The molecule has 0 heterocycles. The van der Waals surface area contributed by atoms with E-state index in [1.807, 2.05) is 19.1 Å². The zero-order valence-corrected chi connectivity index (χ0v) is 26.3. The van der Waals surface area contributed by atoms with Crippen LogP contribution in [0, 0.1) is 6.92 Å². The first-order chi connectivity index (χ1) is 19.0. The van der Waals surface area contributed by atoms with E-state index in [0.29, 0.717) is 5.75 Å². The zero-order valence-electron chi connectivity index (χ0n) is 21.6. The van der Waals surface area contributed by atoms with E-state index in [4.69, 9.17) is 5.11 Å². The first kappa shape index (κ1) is 39.2. The van der Waals surface area contributed by atoms with Crippen LogP contribution < -0.4 is 42.9 Å². The number of phenols is 1. The summed E-state index contributed by atoms with van der Waals surface area (Å²) in [5.41, 5.74) is 1.17. The summed E-state index contributed by atoms with van der Waals surface area (Å²) in [4.78, 5) is 60.3. The third-order valence-corrected chi connectivity index (χ3v) is 5.22. The van der Waals surface area contributed by atoms with E-state index in [-0.39, 0.29) is 38.3 Å². The number of aryl methyl sites for hydroxylation is 1. The van der Waals surface area contributed by atoms with Crippen molar-refractivity contribution in [3.05, 3.63) is 121 Å². The molecular formula is C25H23MoO13P3. The summed E-state index contributed by atoms with van der Waals surface area (Å²) in [5.74, 6) is 0.457. The molecule has 0 amide bonds. The molecule has 0 atom stereocenters. The van der Waals surface area contributed by atoms with Crippen LogP contribution in [0.5, 0.6) is 23.0 Å². The fourth-order valence-electron chi connectivity index (χ4n) is 2.38. The number of benzene rings is 4. The Morgan fingerprint density at radius 1 is 0.476 bits per heavy atom. The number of hydrogen-bond donors (Lipinski definition) is 1. The number of hydrogen-bond acceptors (Lipinski definition) is 13.